The van der Waals surface area contributed by atoms with Crippen LogP contribution in [0.5, 0.6) is 0 Å². The third-order valence-corrected chi connectivity index (χ3v) is 2.65. The Kier molecular flexibility index (Phi) is 3.79. The molecule has 0 aliphatic heterocycles. The van der Waals surface area contributed by atoms with Crippen LogP contribution < -0.4 is 5.32 Å². The molecule has 94 valence electrons. The van der Waals surface area contributed by atoms with Gasteiger partial charge in [0.15, 0.2) is 5.76 Å². The van der Waals surface area contributed by atoms with Crippen molar-refractivity contribution >= 4 is 5.91 Å². The Morgan fingerprint density at radius 2 is 2.00 bits per heavy atom. The third kappa shape index (κ3) is 2.78. The van der Waals surface area contributed by atoms with E-state index in [2.05, 4.69) is 5.32 Å². The van der Waals surface area contributed by atoms with Crippen molar-refractivity contribution in [3.8, 4) is 0 Å². The minimum Gasteiger partial charge on any atom is -0.456 e. The first-order valence-corrected chi connectivity index (χ1v) is 5.74. The number of amides is 1. The van der Waals surface area contributed by atoms with Crippen molar-refractivity contribution in [2.75, 3.05) is 6.61 Å². The van der Waals surface area contributed by atoms with Crippen LogP contribution >= 0.6 is 0 Å². The van der Waals surface area contributed by atoms with Gasteiger partial charge in [-0.2, -0.15) is 0 Å². The van der Waals surface area contributed by atoms with Crippen molar-refractivity contribution in [3.05, 3.63) is 59.5 Å². The SMILES string of the molecule is Cc1ccc(C(=O)N[C@@H](CO)c2ccccc2)o1. The van der Waals surface area contributed by atoms with E-state index in [-0.39, 0.29) is 18.3 Å². The maximum atomic E-state index is 11.9. The Labute approximate surface area is 105 Å². The summed E-state index contributed by atoms with van der Waals surface area (Å²) < 4.78 is 5.23. The van der Waals surface area contributed by atoms with Crippen LogP contribution in [0.15, 0.2) is 46.9 Å². The summed E-state index contributed by atoms with van der Waals surface area (Å²) in [6, 6.07) is 12.2. The summed E-state index contributed by atoms with van der Waals surface area (Å²) in [6.07, 6.45) is 0. The summed E-state index contributed by atoms with van der Waals surface area (Å²) in [5.74, 6) is 0.605. The second-order valence-corrected chi connectivity index (χ2v) is 4.03. The van der Waals surface area contributed by atoms with Gasteiger partial charge in [-0.3, -0.25) is 4.79 Å². The molecule has 0 fully saturated rings. The number of carbonyl (C=O) groups is 1. The smallest absolute Gasteiger partial charge is 0.287 e. The molecule has 1 aromatic carbocycles. The second kappa shape index (κ2) is 5.51. The molecule has 1 atom stereocenters. The average molecular weight is 245 g/mol. The number of aliphatic hydroxyl groups is 1. The Morgan fingerprint density at radius 3 is 2.56 bits per heavy atom. The molecule has 2 rings (SSSR count). The van der Waals surface area contributed by atoms with Gasteiger partial charge in [-0.15, -0.1) is 0 Å². The van der Waals surface area contributed by atoms with Crippen molar-refractivity contribution < 1.29 is 14.3 Å². The Morgan fingerprint density at radius 1 is 1.28 bits per heavy atom. The molecule has 1 amide bonds. The monoisotopic (exact) mass is 245 g/mol. The van der Waals surface area contributed by atoms with Gasteiger partial charge in [-0.1, -0.05) is 30.3 Å². The minimum atomic E-state index is -0.427. The van der Waals surface area contributed by atoms with Crippen molar-refractivity contribution in [1.82, 2.24) is 5.32 Å². The van der Waals surface area contributed by atoms with Crippen LogP contribution in [0.4, 0.5) is 0 Å². The number of nitrogens with one attached hydrogen (secondary N) is 1. The Hall–Kier alpha value is -2.07. The first kappa shape index (κ1) is 12.4. The molecule has 0 aliphatic carbocycles. The highest BCUT2D eigenvalue weighted by Crippen LogP contribution is 2.13. The number of hydrogen-bond acceptors (Lipinski definition) is 3. The van der Waals surface area contributed by atoms with E-state index in [4.69, 9.17) is 4.42 Å². The molecule has 2 aromatic rings. The van der Waals surface area contributed by atoms with Crippen LogP contribution in [0.1, 0.15) is 27.9 Å². The molecule has 0 spiro atoms. The summed E-state index contributed by atoms with van der Waals surface area (Å²) in [6.45, 7) is 1.62. The number of furan rings is 1. The van der Waals surface area contributed by atoms with E-state index >= 15 is 0 Å². The maximum absolute atomic E-state index is 11.9. The predicted molar refractivity (Wildman–Crippen MR) is 67.2 cm³/mol. The van der Waals surface area contributed by atoms with Crippen molar-refractivity contribution in [1.29, 1.82) is 0 Å². The standard InChI is InChI=1S/C14H15NO3/c1-10-7-8-13(18-10)14(17)15-12(9-16)11-5-3-2-4-6-11/h2-8,12,16H,9H2,1H3,(H,15,17)/t12-/m0/s1. The number of aryl methyl sites for hydroxylation is 1. The fraction of sp³-hybridized carbons (Fsp3) is 0.214. The lowest BCUT2D eigenvalue weighted by atomic mass is 10.1. The van der Waals surface area contributed by atoms with Crippen LogP contribution in [0.25, 0.3) is 0 Å². The van der Waals surface area contributed by atoms with Gasteiger partial charge in [-0.25, -0.2) is 0 Å². The first-order chi connectivity index (χ1) is 8.70. The van der Waals surface area contributed by atoms with Crippen LogP contribution in [-0.2, 0) is 0 Å². The van der Waals surface area contributed by atoms with Gasteiger partial charge >= 0.3 is 0 Å². The molecule has 4 heteroatoms. The van der Waals surface area contributed by atoms with E-state index in [1.807, 2.05) is 30.3 Å². The van der Waals surface area contributed by atoms with E-state index in [0.717, 1.165) is 5.56 Å². The highest BCUT2D eigenvalue weighted by molar-refractivity contribution is 5.91. The normalized spacial score (nSPS) is 12.1. The third-order valence-electron chi connectivity index (χ3n) is 2.65. The fourth-order valence-electron chi connectivity index (χ4n) is 1.71. The van der Waals surface area contributed by atoms with E-state index in [9.17, 15) is 9.90 Å². The zero-order valence-corrected chi connectivity index (χ0v) is 10.1. The van der Waals surface area contributed by atoms with Gasteiger partial charge in [0.2, 0.25) is 0 Å². The Bertz CT molecular complexity index is 519. The lowest BCUT2D eigenvalue weighted by Crippen LogP contribution is -2.30. The molecule has 2 N–H and O–H groups in total. The number of carbonyl (C=O) groups excluding carboxylic acids is 1. The van der Waals surface area contributed by atoms with Gasteiger partial charge in [-0.05, 0) is 24.6 Å². The molecule has 18 heavy (non-hydrogen) atoms. The lowest BCUT2D eigenvalue weighted by Gasteiger charge is -2.15. The predicted octanol–water partition coefficient (Wildman–Crippen LogP) is 2.05. The molecule has 0 unspecified atom stereocenters. The van der Waals surface area contributed by atoms with E-state index in [1.54, 1.807) is 19.1 Å². The van der Waals surface area contributed by atoms with E-state index in [1.165, 1.54) is 0 Å². The molecule has 1 heterocycles. The summed E-state index contributed by atoms with van der Waals surface area (Å²) in [7, 11) is 0. The maximum Gasteiger partial charge on any atom is 0.287 e. The quantitative estimate of drug-likeness (QED) is 0.866. The highest BCUT2D eigenvalue weighted by atomic mass is 16.3. The number of benzene rings is 1. The van der Waals surface area contributed by atoms with Crippen molar-refractivity contribution in [3.63, 3.8) is 0 Å². The summed E-state index contributed by atoms with van der Waals surface area (Å²) >= 11 is 0. The lowest BCUT2D eigenvalue weighted by molar-refractivity contribution is 0.0887. The minimum absolute atomic E-state index is 0.157. The van der Waals surface area contributed by atoms with Crippen LogP contribution in [-0.4, -0.2) is 17.6 Å². The van der Waals surface area contributed by atoms with Crippen molar-refractivity contribution in [2.24, 2.45) is 0 Å². The van der Waals surface area contributed by atoms with Crippen LogP contribution in [0.3, 0.4) is 0 Å². The fourth-order valence-corrected chi connectivity index (χ4v) is 1.71. The molecule has 4 nitrogen and oxygen atoms in total. The number of rotatable bonds is 4. The van der Waals surface area contributed by atoms with Gasteiger partial charge in [0.1, 0.15) is 5.76 Å². The first-order valence-electron chi connectivity index (χ1n) is 5.74. The Balaban J connectivity index is 2.10. The molecule has 0 radical (unpaired) electrons. The zero-order valence-electron chi connectivity index (χ0n) is 10.1. The van der Waals surface area contributed by atoms with Crippen LogP contribution in [0, 0.1) is 6.92 Å². The van der Waals surface area contributed by atoms with Gasteiger partial charge in [0.05, 0.1) is 12.6 Å². The zero-order chi connectivity index (χ0) is 13.0. The summed E-state index contributed by atoms with van der Waals surface area (Å²) in [5.41, 5.74) is 0.858. The molecular formula is C14H15NO3. The molecular weight excluding hydrogens is 230 g/mol. The topological polar surface area (TPSA) is 62.5 Å². The summed E-state index contributed by atoms with van der Waals surface area (Å²) in [5, 5.41) is 12.1. The van der Waals surface area contributed by atoms with Gasteiger partial charge in [0, 0.05) is 0 Å². The average Bonchev–Trinajstić information content (AvgIpc) is 2.83. The second-order valence-electron chi connectivity index (χ2n) is 4.03. The molecule has 0 saturated heterocycles. The number of aliphatic hydroxyl groups excluding tert-OH is 1. The number of hydrogen-bond donors (Lipinski definition) is 2. The molecule has 0 aliphatic rings. The highest BCUT2D eigenvalue weighted by Gasteiger charge is 2.16. The molecule has 0 bridgehead atoms. The summed E-state index contributed by atoms with van der Waals surface area (Å²) in [4.78, 5) is 11.9. The largest absolute Gasteiger partial charge is 0.456 e. The van der Waals surface area contributed by atoms with E-state index in [0.29, 0.717) is 5.76 Å². The van der Waals surface area contributed by atoms with Crippen molar-refractivity contribution in [2.45, 2.75) is 13.0 Å². The van der Waals surface area contributed by atoms with Crippen LogP contribution in [0.2, 0.25) is 0 Å². The molecule has 1 aromatic heterocycles. The molecule has 0 saturated carbocycles. The van der Waals surface area contributed by atoms with Gasteiger partial charge in [0.25, 0.3) is 5.91 Å². The van der Waals surface area contributed by atoms with E-state index < -0.39 is 6.04 Å². The van der Waals surface area contributed by atoms with Gasteiger partial charge < -0.3 is 14.8 Å².